The van der Waals surface area contributed by atoms with E-state index in [0.717, 1.165) is 15.8 Å². The first-order valence-electron chi connectivity index (χ1n) is 4.56. The molecule has 0 unspecified atom stereocenters. The van der Waals surface area contributed by atoms with Gasteiger partial charge in [-0.3, -0.25) is 0 Å². The second kappa shape index (κ2) is 4.45. The first-order valence-corrected chi connectivity index (χ1v) is 6.34. The van der Waals surface area contributed by atoms with Crippen LogP contribution < -0.4 is 0 Å². The lowest BCUT2D eigenvalue weighted by atomic mass is 10.2. The van der Waals surface area contributed by atoms with Gasteiger partial charge >= 0.3 is 6.09 Å². The molecule has 1 N–H and O–H groups in total. The minimum Gasteiger partial charge on any atom is -0.465 e. The fourth-order valence-electron chi connectivity index (χ4n) is 1.51. The van der Waals surface area contributed by atoms with Crippen molar-refractivity contribution in [3.8, 4) is 0 Å². The van der Waals surface area contributed by atoms with Gasteiger partial charge in [0.2, 0.25) is 0 Å². The maximum absolute atomic E-state index is 10.9. The SMILES string of the molecule is O=C(O)N1CCSc2cc(Br)ccc2C1. The van der Waals surface area contributed by atoms with Crippen LogP contribution >= 0.6 is 27.7 Å². The van der Waals surface area contributed by atoms with Crippen molar-refractivity contribution in [2.45, 2.75) is 11.4 Å². The number of amides is 1. The van der Waals surface area contributed by atoms with Gasteiger partial charge in [0.25, 0.3) is 0 Å². The van der Waals surface area contributed by atoms with E-state index < -0.39 is 6.09 Å². The highest BCUT2D eigenvalue weighted by molar-refractivity contribution is 9.10. The summed E-state index contributed by atoms with van der Waals surface area (Å²) < 4.78 is 1.04. The fraction of sp³-hybridized carbons (Fsp3) is 0.300. The van der Waals surface area contributed by atoms with Gasteiger partial charge in [-0.25, -0.2) is 4.79 Å². The highest BCUT2D eigenvalue weighted by Crippen LogP contribution is 2.29. The lowest BCUT2D eigenvalue weighted by molar-refractivity contribution is 0.145. The lowest BCUT2D eigenvalue weighted by Crippen LogP contribution is -2.29. The maximum Gasteiger partial charge on any atom is 0.407 e. The highest BCUT2D eigenvalue weighted by Gasteiger charge is 2.18. The molecule has 2 rings (SSSR count). The summed E-state index contributed by atoms with van der Waals surface area (Å²) in [5.41, 5.74) is 1.09. The number of fused-ring (bicyclic) bond motifs is 1. The van der Waals surface area contributed by atoms with Crippen LogP contribution in [0.2, 0.25) is 0 Å². The van der Waals surface area contributed by atoms with Crippen LogP contribution in [0.1, 0.15) is 5.56 Å². The van der Waals surface area contributed by atoms with Crippen LogP contribution in [-0.2, 0) is 6.54 Å². The third-order valence-electron chi connectivity index (χ3n) is 2.28. The Morgan fingerprint density at radius 2 is 2.33 bits per heavy atom. The molecule has 0 radical (unpaired) electrons. The zero-order valence-electron chi connectivity index (χ0n) is 7.94. The molecular formula is C10H10BrNO2S. The van der Waals surface area contributed by atoms with E-state index in [1.54, 1.807) is 11.8 Å². The Kier molecular flexibility index (Phi) is 3.21. The molecule has 0 fully saturated rings. The summed E-state index contributed by atoms with van der Waals surface area (Å²) in [5, 5.41) is 8.95. The number of carboxylic acid groups (broad SMARTS) is 1. The lowest BCUT2D eigenvalue weighted by Gasteiger charge is -2.15. The van der Waals surface area contributed by atoms with Gasteiger partial charge in [0.1, 0.15) is 0 Å². The van der Waals surface area contributed by atoms with E-state index >= 15 is 0 Å². The van der Waals surface area contributed by atoms with Gasteiger partial charge in [-0.15, -0.1) is 11.8 Å². The second-order valence-electron chi connectivity index (χ2n) is 3.30. The third-order valence-corrected chi connectivity index (χ3v) is 3.85. The van der Waals surface area contributed by atoms with Crippen LogP contribution in [0.3, 0.4) is 0 Å². The van der Waals surface area contributed by atoms with Crippen molar-refractivity contribution in [2.75, 3.05) is 12.3 Å². The first kappa shape index (κ1) is 10.8. The van der Waals surface area contributed by atoms with Gasteiger partial charge in [0.15, 0.2) is 0 Å². The molecule has 0 atom stereocenters. The predicted molar refractivity (Wildman–Crippen MR) is 63.3 cm³/mol. The van der Waals surface area contributed by atoms with E-state index in [9.17, 15) is 4.79 Å². The molecule has 1 aromatic rings. The topological polar surface area (TPSA) is 40.5 Å². The number of carbonyl (C=O) groups is 1. The van der Waals surface area contributed by atoms with Crippen LogP contribution in [0, 0.1) is 0 Å². The molecule has 1 aromatic carbocycles. The minimum atomic E-state index is -0.841. The zero-order chi connectivity index (χ0) is 10.8. The quantitative estimate of drug-likeness (QED) is 0.797. The molecule has 0 aliphatic carbocycles. The van der Waals surface area contributed by atoms with Crippen LogP contribution in [-0.4, -0.2) is 28.4 Å². The number of halogens is 1. The summed E-state index contributed by atoms with van der Waals surface area (Å²) in [6.07, 6.45) is -0.841. The van der Waals surface area contributed by atoms with Crippen molar-refractivity contribution in [3.63, 3.8) is 0 Å². The van der Waals surface area contributed by atoms with Gasteiger partial charge in [-0.1, -0.05) is 22.0 Å². The zero-order valence-corrected chi connectivity index (χ0v) is 10.3. The van der Waals surface area contributed by atoms with Gasteiger partial charge < -0.3 is 10.0 Å². The molecule has 15 heavy (non-hydrogen) atoms. The number of hydrogen-bond acceptors (Lipinski definition) is 2. The first-order chi connectivity index (χ1) is 7.16. The number of thioether (sulfide) groups is 1. The normalized spacial score (nSPS) is 15.7. The van der Waals surface area contributed by atoms with Crippen LogP contribution in [0.4, 0.5) is 4.79 Å². The Balaban J connectivity index is 2.29. The number of nitrogens with zero attached hydrogens (tertiary/aromatic N) is 1. The van der Waals surface area contributed by atoms with E-state index in [-0.39, 0.29) is 0 Å². The molecule has 1 aliphatic rings. The Labute approximate surface area is 101 Å². The molecule has 1 aliphatic heterocycles. The molecule has 0 bridgehead atoms. The van der Waals surface area contributed by atoms with Crippen molar-refractivity contribution >= 4 is 33.8 Å². The van der Waals surface area contributed by atoms with E-state index in [1.807, 2.05) is 18.2 Å². The molecule has 0 aromatic heterocycles. The smallest absolute Gasteiger partial charge is 0.407 e. The summed E-state index contributed by atoms with van der Waals surface area (Å²) in [5.74, 6) is 0.815. The fourth-order valence-corrected chi connectivity index (χ4v) is 3.08. The van der Waals surface area contributed by atoms with Gasteiger partial charge in [0, 0.05) is 21.7 Å². The third kappa shape index (κ3) is 2.46. The van der Waals surface area contributed by atoms with Gasteiger partial charge in [-0.2, -0.15) is 0 Å². The molecule has 0 spiro atoms. The number of benzene rings is 1. The summed E-state index contributed by atoms with van der Waals surface area (Å²) in [7, 11) is 0. The standard InChI is InChI=1S/C10H10BrNO2S/c11-8-2-1-7-6-12(10(13)14)3-4-15-9(7)5-8/h1-2,5H,3-4,6H2,(H,13,14). The summed E-state index contributed by atoms with van der Waals surface area (Å²) in [4.78, 5) is 13.5. The van der Waals surface area contributed by atoms with Crippen molar-refractivity contribution in [3.05, 3.63) is 28.2 Å². The molecule has 0 saturated heterocycles. The van der Waals surface area contributed by atoms with Crippen molar-refractivity contribution in [1.82, 2.24) is 4.90 Å². The maximum atomic E-state index is 10.9. The minimum absolute atomic E-state index is 0.491. The molecule has 0 saturated carbocycles. The Bertz CT molecular complexity index is 397. The predicted octanol–water partition coefficient (Wildman–Crippen LogP) is 3.03. The molecule has 3 nitrogen and oxygen atoms in total. The average molecular weight is 288 g/mol. The van der Waals surface area contributed by atoms with Crippen LogP contribution in [0.15, 0.2) is 27.6 Å². The number of hydrogen-bond donors (Lipinski definition) is 1. The Morgan fingerprint density at radius 1 is 1.53 bits per heavy atom. The molecule has 1 heterocycles. The van der Waals surface area contributed by atoms with E-state index in [4.69, 9.17) is 5.11 Å². The van der Waals surface area contributed by atoms with E-state index in [2.05, 4.69) is 15.9 Å². The second-order valence-corrected chi connectivity index (χ2v) is 5.36. The van der Waals surface area contributed by atoms with Crippen LogP contribution in [0.25, 0.3) is 0 Å². The summed E-state index contributed by atoms with van der Waals surface area (Å²) >= 11 is 5.13. The largest absolute Gasteiger partial charge is 0.465 e. The molecular weight excluding hydrogens is 278 g/mol. The Hall–Kier alpha value is -0.680. The molecule has 5 heteroatoms. The van der Waals surface area contributed by atoms with E-state index in [0.29, 0.717) is 13.1 Å². The monoisotopic (exact) mass is 287 g/mol. The van der Waals surface area contributed by atoms with Crippen molar-refractivity contribution in [2.24, 2.45) is 0 Å². The van der Waals surface area contributed by atoms with Crippen molar-refractivity contribution < 1.29 is 9.90 Å². The Morgan fingerprint density at radius 3 is 3.07 bits per heavy atom. The van der Waals surface area contributed by atoms with Crippen LogP contribution in [0.5, 0.6) is 0 Å². The van der Waals surface area contributed by atoms with Gasteiger partial charge in [-0.05, 0) is 17.7 Å². The summed E-state index contributed by atoms with van der Waals surface area (Å²) in [6.45, 7) is 1.08. The van der Waals surface area contributed by atoms with Crippen molar-refractivity contribution in [1.29, 1.82) is 0 Å². The highest BCUT2D eigenvalue weighted by atomic mass is 79.9. The number of rotatable bonds is 0. The van der Waals surface area contributed by atoms with Gasteiger partial charge in [0.05, 0.1) is 6.54 Å². The molecule has 80 valence electrons. The van der Waals surface area contributed by atoms with E-state index in [1.165, 1.54) is 9.80 Å². The summed E-state index contributed by atoms with van der Waals surface area (Å²) in [6, 6.07) is 5.98. The average Bonchev–Trinajstić information content (AvgIpc) is 2.39. The molecule has 1 amide bonds.